The van der Waals surface area contributed by atoms with Crippen LogP contribution in [0.25, 0.3) is 11.1 Å². The van der Waals surface area contributed by atoms with Gasteiger partial charge in [0.15, 0.2) is 0 Å². The van der Waals surface area contributed by atoms with Gasteiger partial charge in [-0.05, 0) is 41.7 Å². The van der Waals surface area contributed by atoms with E-state index in [-0.39, 0.29) is 30.4 Å². The maximum absolute atomic E-state index is 12.8. The molecule has 3 atom stereocenters. The largest absolute Gasteiger partial charge is 0.497 e. The van der Waals surface area contributed by atoms with Crippen molar-refractivity contribution in [3.63, 3.8) is 0 Å². The van der Waals surface area contributed by atoms with Crippen LogP contribution in [0.5, 0.6) is 5.75 Å². The quantitative estimate of drug-likeness (QED) is 0.869. The first-order chi connectivity index (χ1) is 13.7. The second-order valence-corrected chi connectivity index (χ2v) is 7.54. The number of hydrogen-bond donors (Lipinski definition) is 1. The van der Waals surface area contributed by atoms with Crippen LogP contribution in [0.1, 0.15) is 30.7 Å². The van der Waals surface area contributed by atoms with Gasteiger partial charge in [0, 0.05) is 11.8 Å². The molecule has 2 aromatic carbocycles. The molecule has 5 nitrogen and oxygen atoms in total. The number of amides is 1. The number of likely N-dealkylation sites (tertiary alicyclic amines) is 1. The molecule has 0 aromatic heterocycles. The highest BCUT2D eigenvalue weighted by molar-refractivity contribution is 5.83. The van der Waals surface area contributed by atoms with Crippen LogP contribution >= 0.6 is 0 Å². The van der Waals surface area contributed by atoms with Crippen LogP contribution in [0.4, 0.5) is 0 Å². The molecular weight excluding hydrogens is 352 g/mol. The number of benzene rings is 2. The summed E-state index contributed by atoms with van der Waals surface area (Å²) >= 11 is 0. The van der Waals surface area contributed by atoms with Gasteiger partial charge in [-0.1, -0.05) is 42.8 Å². The number of rotatable bonds is 5. The molecule has 2 aliphatic rings. The zero-order chi connectivity index (χ0) is 19.7. The third-order valence-corrected chi connectivity index (χ3v) is 6.16. The van der Waals surface area contributed by atoms with Crippen LogP contribution in [-0.2, 0) is 4.79 Å². The lowest BCUT2D eigenvalue weighted by molar-refractivity contribution is -0.154. The van der Waals surface area contributed by atoms with Crippen molar-refractivity contribution in [1.29, 1.82) is 5.26 Å². The van der Waals surface area contributed by atoms with Gasteiger partial charge in [0.05, 0.1) is 25.8 Å². The summed E-state index contributed by atoms with van der Waals surface area (Å²) in [5, 5.41) is 19.8. The third-order valence-electron chi connectivity index (χ3n) is 6.16. The number of aliphatic hydroxyl groups excluding tert-OH is 1. The highest BCUT2D eigenvalue weighted by atomic mass is 16.5. The number of ether oxygens (including phenoxy) is 1. The average molecular weight is 376 g/mol. The first kappa shape index (κ1) is 18.5. The summed E-state index contributed by atoms with van der Waals surface area (Å²) in [6.45, 7) is -0.141. The van der Waals surface area contributed by atoms with Gasteiger partial charge in [-0.25, -0.2) is 0 Å². The molecule has 1 aliphatic carbocycles. The predicted octanol–water partition coefficient (Wildman–Crippen LogP) is 3.34. The molecule has 28 heavy (non-hydrogen) atoms. The SMILES string of the molecule is COc1ccc(-c2ccccc2[C@@H]2[C@H](C#N)N(C(=O)C3CCC3)[C@H]2CO)cc1. The molecule has 4 rings (SSSR count). The monoisotopic (exact) mass is 376 g/mol. The Bertz CT molecular complexity index is 899. The zero-order valence-electron chi connectivity index (χ0n) is 15.9. The molecule has 0 radical (unpaired) electrons. The van der Waals surface area contributed by atoms with Crippen molar-refractivity contribution in [2.45, 2.75) is 37.3 Å². The Morgan fingerprint density at radius 1 is 1.21 bits per heavy atom. The molecule has 2 aromatic rings. The van der Waals surface area contributed by atoms with Gasteiger partial charge in [0.1, 0.15) is 11.8 Å². The lowest BCUT2D eigenvalue weighted by Crippen LogP contribution is -2.66. The van der Waals surface area contributed by atoms with E-state index in [1.165, 1.54) is 0 Å². The standard InChI is InChI=1S/C23H24N2O3/c1-28-17-11-9-15(10-12-17)18-7-2-3-8-19(18)22-20(13-24)25(21(22)14-26)23(27)16-5-4-6-16/h2-3,7-12,16,20-22,26H,4-6,14H2,1H3/t20-,21-,22+/m0/s1. The molecule has 1 saturated heterocycles. The van der Waals surface area contributed by atoms with E-state index in [1.807, 2.05) is 48.5 Å². The van der Waals surface area contributed by atoms with Gasteiger partial charge < -0.3 is 14.7 Å². The van der Waals surface area contributed by atoms with Crippen LogP contribution in [0.2, 0.25) is 0 Å². The Hall–Kier alpha value is -2.84. The highest BCUT2D eigenvalue weighted by Gasteiger charge is 2.53. The van der Waals surface area contributed by atoms with E-state index in [9.17, 15) is 15.2 Å². The van der Waals surface area contributed by atoms with Crippen molar-refractivity contribution in [3.05, 3.63) is 54.1 Å². The zero-order valence-corrected chi connectivity index (χ0v) is 15.9. The van der Waals surface area contributed by atoms with E-state index in [1.54, 1.807) is 12.0 Å². The first-order valence-electron chi connectivity index (χ1n) is 9.75. The van der Waals surface area contributed by atoms with Crippen molar-refractivity contribution < 1.29 is 14.6 Å². The molecule has 0 unspecified atom stereocenters. The minimum absolute atomic E-state index is 0.0164. The Kier molecular flexibility index (Phi) is 5.06. The van der Waals surface area contributed by atoms with Crippen molar-refractivity contribution in [2.24, 2.45) is 5.92 Å². The van der Waals surface area contributed by atoms with Gasteiger partial charge in [-0.2, -0.15) is 5.26 Å². The van der Waals surface area contributed by atoms with Crippen molar-refractivity contribution in [3.8, 4) is 22.9 Å². The maximum Gasteiger partial charge on any atom is 0.227 e. The minimum Gasteiger partial charge on any atom is -0.497 e. The molecule has 0 spiro atoms. The topological polar surface area (TPSA) is 73.6 Å². The summed E-state index contributed by atoms with van der Waals surface area (Å²) in [6, 6.07) is 17.2. The summed E-state index contributed by atoms with van der Waals surface area (Å²) in [6.07, 6.45) is 2.84. The van der Waals surface area contributed by atoms with E-state index < -0.39 is 6.04 Å². The van der Waals surface area contributed by atoms with E-state index in [2.05, 4.69) is 6.07 Å². The van der Waals surface area contributed by atoms with Crippen molar-refractivity contribution in [2.75, 3.05) is 13.7 Å². The number of aliphatic hydroxyl groups is 1. The Morgan fingerprint density at radius 3 is 2.50 bits per heavy atom. The summed E-state index contributed by atoms with van der Waals surface area (Å²) in [5.41, 5.74) is 3.04. The number of carbonyl (C=O) groups is 1. The lowest BCUT2D eigenvalue weighted by atomic mass is 9.71. The molecule has 1 saturated carbocycles. The first-order valence-corrected chi connectivity index (χ1v) is 9.75. The molecule has 1 aliphatic heterocycles. The predicted molar refractivity (Wildman–Crippen MR) is 106 cm³/mol. The fourth-order valence-corrected chi connectivity index (χ4v) is 4.37. The average Bonchev–Trinajstić information content (AvgIpc) is 2.67. The van der Waals surface area contributed by atoms with Gasteiger partial charge in [-0.15, -0.1) is 0 Å². The maximum atomic E-state index is 12.8. The Labute approximate surface area is 165 Å². The fraction of sp³-hybridized carbons (Fsp3) is 0.391. The molecule has 144 valence electrons. The normalized spacial score (nSPS) is 24.0. The second kappa shape index (κ2) is 7.65. The molecular formula is C23H24N2O3. The van der Waals surface area contributed by atoms with Crippen LogP contribution in [0.15, 0.2) is 48.5 Å². The van der Waals surface area contributed by atoms with E-state index in [4.69, 9.17) is 4.74 Å². The lowest BCUT2D eigenvalue weighted by Gasteiger charge is -2.53. The number of carbonyl (C=O) groups excluding carboxylic acids is 1. The summed E-state index contributed by atoms with van der Waals surface area (Å²) in [7, 11) is 1.63. The van der Waals surface area contributed by atoms with E-state index >= 15 is 0 Å². The summed E-state index contributed by atoms with van der Waals surface area (Å²) in [4.78, 5) is 14.4. The molecule has 1 N–H and O–H groups in total. The second-order valence-electron chi connectivity index (χ2n) is 7.54. The highest BCUT2D eigenvalue weighted by Crippen LogP contribution is 2.46. The number of methoxy groups -OCH3 is 1. The van der Waals surface area contributed by atoms with Crippen LogP contribution < -0.4 is 4.74 Å². The molecule has 1 amide bonds. The number of nitrogens with zero attached hydrogens (tertiary/aromatic N) is 2. The Balaban J connectivity index is 1.68. The third kappa shape index (κ3) is 2.94. The number of hydrogen-bond acceptors (Lipinski definition) is 4. The number of nitriles is 1. The molecule has 2 fully saturated rings. The smallest absolute Gasteiger partial charge is 0.227 e. The van der Waals surface area contributed by atoms with Gasteiger partial charge in [0.2, 0.25) is 5.91 Å². The van der Waals surface area contributed by atoms with Gasteiger partial charge >= 0.3 is 0 Å². The van der Waals surface area contributed by atoms with Crippen molar-refractivity contribution >= 4 is 5.91 Å². The minimum atomic E-state index is -0.537. The van der Waals surface area contributed by atoms with Crippen LogP contribution in [0, 0.1) is 17.2 Å². The molecule has 5 heteroatoms. The van der Waals surface area contributed by atoms with Gasteiger partial charge in [0.25, 0.3) is 0 Å². The van der Waals surface area contributed by atoms with E-state index in [0.717, 1.165) is 41.7 Å². The van der Waals surface area contributed by atoms with Crippen LogP contribution in [-0.4, -0.2) is 41.7 Å². The van der Waals surface area contributed by atoms with Crippen LogP contribution in [0.3, 0.4) is 0 Å². The Morgan fingerprint density at radius 2 is 1.93 bits per heavy atom. The van der Waals surface area contributed by atoms with Crippen molar-refractivity contribution in [1.82, 2.24) is 4.90 Å². The van der Waals surface area contributed by atoms with Gasteiger partial charge in [-0.3, -0.25) is 4.79 Å². The summed E-state index contributed by atoms with van der Waals surface area (Å²) < 4.78 is 5.24. The summed E-state index contributed by atoms with van der Waals surface area (Å²) in [5.74, 6) is 0.625. The molecule has 0 bridgehead atoms. The fourth-order valence-electron chi connectivity index (χ4n) is 4.37. The van der Waals surface area contributed by atoms with E-state index in [0.29, 0.717) is 0 Å². The molecule has 1 heterocycles.